The van der Waals surface area contributed by atoms with Gasteiger partial charge in [-0.05, 0) is 19.8 Å². The molecule has 0 fully saturated rings. The van der Waals surface area contributed by atoms with Crippen molar-refractivity contribution in [2.24, 2.45) is 11.3 Å². The second-order valence-electron chi connectivity index (χ2n) is 5.21. The summed E-state index contributed by atoms with van der Waals surface area (Å²) in [5.41, 5.74) is -0.116. The molecule has 0 saturated heterocycles. The lowest BCUT2D eigenvalue weighted by Crippen LogP contribution is -2.39. The third kappa shape index (κ3) is 4.02. The van der Waals surface area contributed by atoms with Crippen LogP contribution in [0.4, 0.5) is 0 Å². The Bertz CT molecular complexity index is 470. The molecule has 1 aromatic heterocycles. The number of carbonyl (C=O) groups is 2. The fourth-order valence-electron chi connectivity index (χ4n) is 1.58. The number of hydrogen-bond acceptors (Lipinski definition) is 4. The van der Waals surface area contributed by atoms with Crippen LogP contribution >= 0.6 is 11.3 Å². The molecule has 0 aromatic carbocycles. The minimum absolute atomic E-state index is 0.0235. The maximum absolute atomic E-state index is 11.9. The van der Waals surface area contributed by atoms with Crippen LogP contribution in [-0.2, 0) is 16.1 Å². The molecule has 1 atom stereocenters. The van der Waals surface area contributed by atoms with Gasteiger partial charge in [0.1, 0.15) is 5.01 Å². The number of aliphatic carboxylic acids is 1. The predicted octanol–water partition coefficient (Wildman–Crippen LogP) is 2.20. The van der Waals surface area contributed by atoms with E-state index < -0.39 is 11.4 Å². The van der Waals surface area contributed by atoms with Gasteiger partial charge in [-0.15, -0.1) is 11.3 Å². The quantitative estimate of drug-likeness (QED) is 0.839. The summed E-state index contributed by atoms with van der Waals surface area (Å²) in [4.78, 5) is 27.4. The summed E-state index contributed by atoms with van der Waals surface area (Å²) >= 11 is 1.48. The molecule has 0 saturated carbocycles. The smallest absolute Gasteiger partial charge is 0.310 e. The van der Waals surface area contributed by atoms with Gasteiger partial charge < -0.3 is 10.4 Å². The highest BCUT2D eigenvalue weighted by molar-refractivity contribution is 7.09. The van der Waals surface area contributed by atoms with Gasteiger partial charge >= 0.3 is 5.97 Å². The minimum atomic E-state index is -1.04. The number of amides is 1. The summed E-state index contributed by atoms with van der Waals surface area (Å²) < 4.78 is 0. The van der Waals surface area contributed by atoms with Gasteiger partial charge in [-0.1, -0.05) is 13.8 Å². The van der Waals surface area contributed by atoms with E-state index in [4.69, 9.17) is 0 Å². The Balaban J connectivity index is 2.57. The highest BCUT2D eigenvalue weighted by Gasteiger charge is 2.38. The molecule has 0 radical (unpaired) electrons. The van der Waals surface area contributed by atoms with Gasteiger partial charge in [0.15, 0.2) is 0 Å². The number of hydrogen-bond donors (Lipinski definition) is 2. The molecule has 0 bridgehead atoms. The molecule has 6 heteroatoms. The minimum Gasteiger partial charge on any atom is -0.481 e. The van der Waals surface area contributed by atoms with Gasteiger partial charge in [0.25, 0.3) is 0 Å². The third-order valence-corrected chi connectivity index (χ3v) is 4.36. The first-order valence-corrected chi connectivity index (χ1v) is 7.04. The van der Waals surface area contributed by atoms with E-state index in [2.05, 4.69) is 10.3 Å². The summed E-state index contributed by atoms with van der Waals surface area (Å²) in [5.74, 6) is -1.31. The first-order valence-electron chi connectivity index (χ1n) is 6.17. The molecule has 0 aliphatic heterocycles. The van der Waals surface area contributed by atoms with Crippen molar-refractivity contribution in [1.82, 2.24) is 10.3 Å². The normalized spacial score (nSPS) is 14.2. The van der Waals surface area contributed by atoms with Gasteiger partial charge in [0.05, 0.1) is 12.0 Å². The van der Waals surface area contributed by atoms with Gasteiger partial charge in [-0.2, -0.15) is 0 Å². The number of nitrogens with zero attached hydrogens (tertiary/aromatic N) is 1. The zero-order valence-corrected chi connectivity index (χ0v) is 12.5. The molecule has 0 aliphatic carbocycles. The monoisotopic (exact) mass is 284 g/mol. The lowest BCUT2D eigenvalue weighted by molar-refractivity contribution is -0.153. The largest absolute Gasteiger partial charge is 0.481 e. The van der Waals surface area contributed by atoms with Crippen LogP contribution in [0.1, 0.15) is 37.9 Å². The maximum atomic E-state index is 11.9. The van der Waals surface area contributed by atoms with Crippen LogP contribution in [0.15, 0.2) is 5.38 Å². The Morgan fingerprint density at radius 2 is 2.16 bits per heavy atom. The van der Waals surface area contributed by atoms with E-state index in [9.17, 15) is 14.7 Å². The molecule has 106 valence electrons. The maximum Gasteiger partial charge on any atom is 0.310 e. The summed E-state index contributed by atoms with van der Waals surface area (Å²) in [7, 11) is 0. The summed E-state index contributed by atoms with van der Waals surface area (Å²) in [6.45, 7) is 7.47. The van der Waals surface area contributed by atoms with E-state index >= 15 is 0 Å². The van der Waals surface area contributed by atoms with Gasteiger partial charge in [-0.3, -0.25) is 9.59 Å². The van der Waals surface area contributed by atoms with Crippen molar-refractivity contribution < 1.29 is 14.7 Å². The number of thiazole rings is 1. The van der Waals surface area contributed by atoms with Crippen LogP contribution in [0, 0.1) is 18.3 Å². The van der Waals surface area contributed by atoms with E-state index in [1.54, 1.807) is 6.92 Å². The number of carboxylic acid groups (broad SMARTS) is 1. The molecule has 1 rings (SSSR count). The van der Waals surface area contributed by atoms with Crippen molar-refractivity contribution in [2.75, 3.05) is 0 Å². The van der Waals surface area contributed by atoms with Crippen LogP contribution in [0.25, 0.3) is 0 Å². The third-order valence-electron chi connectivity index (χ3n) is 3.39. The summed E-state index contributed by atoms with van der Waals surface area (Å²) in [6, 6.07) is 0. The number of carboxylic acids is 1. The SMILES string of the molecule is Cc1csc(CNC(=O)CC(C)(C(=O)O)C(C)C)n1. The molecule has 1 amide bonds. The van der Waals surface area contributed by atoms with Crippen LogP contribution in [0.2, 0.25) is 0 Å². The van der Waals surface area contributed by atoms with Gasteiger partial charge in [-0.25, -0.2) is 4.98 Å². The number of rotatable bonds is 6. The Kier molecular flexibility index (Phi) is 5.05. The topological polar surface area (TPSA) is 79.3 Å². The zero-order chi connectivity index (χ0) is 14.6. The number of carbonyl (C=O) groups excluding carboxylic acids is 1. The highest BCUT2D eigenvalue weighted by atomic mass is 32.1. The Hall–Kier alpha value is -1.43. The zero-order valence-electron chi connectivity index (χ0n) is 11.7. The van der Waals surface area contributed by atoms with Crippen LogP contribution in [0.5, 0.6) is 0 Å². The van der Waals surface area contributed by atoms with Crippen LogP contribution in [0.3, 0.4) is 0 Å². The van der Waals surface area contributed by atoms with E-state index in [1.807, 2.05) is 26.2 Å². The average molecular weight is 284 g/mol. The second-order valence-corrected chi connectivity index (χ2v) is 6.16. The second kappa shape index (κ2) is 6.14. The van der Waals surface area contributed by atoms with Crippen molar-refractivity contribution in [1.29, 1.82) is 0 Å². The number of nitrogens with one attached hydrogen (secondary N) is 1. The molecule has 5 nitrogen and oxygen atoms in total. The molecule has 1 heterocycles. The van der Waals surface area contributed by atoms with E-state index in [1.165, 1.54) is 11.3 Å². The first kappa shape index (κ1) is 15.6. The Labute approximate surface area is 117 Å². The fraction of sp³-hybridized carbons (Fsp3) is 0.615. The summed E-state index contributed by atoms with van der Waals surface area (Å²) in [5, 5.41) is 14.7. The molecule has 0 spiro atoms. The van der Waals surface area contributed by atoms with Crippen molar-refractivity contribution in [2.45, 2.75) is 40.7 Å². The van der Waals surface area contributed by atoms with Crippen molar-refractivity contribution in [3.8, 4) is 0 Å². The average Bonchev–Trinajstić information content (AvgIpc) is 2.72. The Morgan fingerprint density at radius 3 is 2.58 bits per heavy atom. The Morgan fingerprint density at radius 1 is 1.53 bits per heavy atom. The van der Waals surface area contributed by atoms with Crippen LogP contribution < -0.4 is 5.32 Å². The standard InChI is InChI=1S/C13H20N2O3S/c1-8(2)13(4,12(17)18)5-10(16)14-6-11-15-9(3)7-19-11/h7-8H,5-6H2,1-4H3,(H,14,16)(H,17,18). The summed E-state index contributed by atoms with van der Waals surface area (Å²) in [6.07, 6.45) is -0.0235. The number of aryl methyl sites for hydroxylation is 1. The van der Waals surface area contributed by atoms with Gasteiger partial charge in [0.2, 0.25) is 5.91 Å². The van der Waals surface area contributed by atoms with E-state index in [-0.39, 0.29) is 18.2 Å². The van der Waals surface area contributed by atoms with Gasteiger partial charge in [0, 0.05) is 17.5 Å². The van der Waals surface area contributed by atoms with E-state index in [0.717, 1.165) is 10.7 Å². The molecule has 0 aliphatic rings. The fourth-order valence-corrected chi connectivity index (χ4v) is 2.29. The molecular formula is C13H20N2O3S. The first-order chi connectivity index (χ1) is 8.75. The lowest BCUT2D eigenvalue weighted by atomic mass is 9.76. The molecule has 1 unspecified atom stereocenters. The number of aromatic nitrogens is 1. The lowest BCUT2D eigenvalue weighted by Gasteiger charge is -2.28. The molecule has 1 aromatic rings. The molecule has 2 N–H and O–H groups in total. The molecule has 19 heavy (non-hydrogen) atoms. The van der Waals surface area contributed by atoms with Crippen molar-refractivity contribution in [3.05, 3.63) is 16.1 Å². The van der Waals surface area contributed by atoms with Crippen molar-refractivity contribution >= 4 is 23.2 Å². The van der Waals surface area contributed by atoms with Crippen molar-refractivity contribution in [3.63, 3.8) is 0 Å². The van der Waals surface area contributed by atoms with E-state index in [0.29, 0.717) is 6.54 Å². The molecular weight excluding hydrogens is 264 g/mol. The highest BCUT2D eigenvalue weighted by Crippen LogP contribution is 2.31. The predicted molar refractivity (Wildman–Crippen MR) is 73.9 cm³/mol. The van der Waals surface area contributed by atoms with Crippen LogP contribution in [-0.4, -0.2) is 22.0 Å².